The lowest BCUT2D eigenvalue weighted by atomic mass is 10.1. The van der Waals surface area contributed by atoms with E-state index in [1.807, 2.05) is 23.8 Å². The molecule has 8 heteroatoms. The average molecular weight is 502 g/mol. The van der Waals surface area contributed by atoms with Crippen LogP contribution < -0.4 is 10.6 Å². The Kier molecular flexibility index (Phi) is 7.91. The van der Waals surface area contributed by atoms with Crippen molar-refractivity contribution in [3.05, 3.63) is 58.6 Å². The molecule has 2 aromatic heterocycles. The molecule has 1 aromatic carbocycles. The van der Waals surface area contributed by atoms with Crippen molar-refractivity contribution in [3.63, 3.8) is 0 Å². The zero-order valence-corrected chi connectivity index (χ0v) is 20.0. The molecule has 0 aliphatic heterocycles. The maximum atomic E-state index is 10.7. The number of benzene rings is 1. The van der Waals surface area contributed by atoms with Crippen molar-refractivity contribution >= 4 is 27.0 Å². The Balaban J connectivity index is 1.22. The highest BCUT2D eigenvalue weighted by molar-refractivity contribution is 9.10. The van der Waals surface area contributed by atoms with E-state index < -0.39 is 12.2 Å². The van der Waals surface area contributed by atoms with Gasteiger partial charge in [-0.25, -0.2) is 9.97 Å². The Morgan fingerprint density at radius 2 is 1.84 bits per heavy atom. The number of halogens is 1. The van der Waals surface area contributed by atoms with Crippen LogP contribution >= 0.6 is 15.9 Å². The number of fused-ring (bicyclic) bond motifs is 1. The van der Waals surface area contributed by atoms with Gasteiger partial charge in [-0.2, -0.15) is 0 Å². The van der Waals surface area contributed by atoms with E-state index in [-0.39, 0.29) is 12.0 Å². The van der Waals surface area contributed by atoms with Gasteiger partial charge < -0.3 is 25.4 Å². The Labute approximate surface area is 197 Å². The topological polar surface area (TPSA) is 95.2 Å². The van der Waals surface area contributed by atoms with E-state index in [2.05, 4.69) is 60.8 Å². The molecule has 0 spiro atoms. The Hall–Kier alpha value is -1.84. The fourth-order valence-corrected chi connectivity index (χ4v) is 5.33. The van der Waals surface area contributed by atoms with E-state index in [4.69, 9.17) is 0 Å². The molecule has 32 heavy (non-hydrogen) atoms. The van der Waals surface area contributed by atoms with E-state index >= 15 is 0 Å². The van der Waals surface area contributed by atoms with Crippen molar-refractivity contribution < 1.29 is 10.2 Å². The molecule has 4 rings (SSSR count). The van der Waals surface area contributed by atoms with Crippen LogP contribution in [-0.4, -0.2) is 63.1 Å². The molecule has 0 unspecified atom stereocenters. The van der Waals surface area contributed by atoms with Crippen molar-refractivity contribution in [2.45, 2.75) is 44.4 Å². The maximum Gasteiger partial charge on any atom is 0.145 e. The molecule has 1 aliphatic rings. The number of rotatable bonds is 10. The summed E-state index contributed by atoms with van der Waals surface area (Å²) in [6.07, 6.45) is 4.68. The minimum Gasteiger partial charge on any atom is -0.390 e. The van der Waals surface area contributed by atoms with Crippen LogP contribution in [0.4, 0.5) is 0 Å². The largest absolute Gasteiger partial charge is 0.390 e. The van der Waals surface area contributed by atoms with Gasteiger partial charge in [-0.1, -0.05) is 30.3 Å². The summed E-state index contributed by atoms with van der Waals surface area (Å²) in [5.41, 5.74) is 3.03. The van der Waals surface area contributed by atoms with Gasteiger partial charge in [0, 0.05) is 23.1 Å². The van der Waals surface area contributed by atoms with Crippen molar-refractivity contribution in [2.24, 2.45) is 5.92 Å². The van der Waals surface area contributed by atoms with Crippen molar-refractivity contribution in [1.29, 1.82) is 0 Å². The highest BCUT2D eigenvalue weighted by atomic mass is 79.9. The van der Waals surface area contributed by atoms with Gasteiger partial charge >= 0.3 is 0 Å². The standard InChI is InChI=1S/C24H32BrN5O2/c1-16-21-19(25)14-30(24(21)29-15-28-16)20-12-18(22(31)23(20)32)13-27-10-5-9-26-11-8-17-6-3-2-4-7-17/h2-4,6-7,14-15,18,20,22-23,26-27,31-32H,5,8-13H2,1H3/t18-,20-,22-,23+/m1/s1. The number of nitrogens with one attached hydrogen (secondary N) is 2. The van der Waals surface area contributed by atoms with Gasteiger partial charge in [0.25, 0.3) is 0 Å². The van der Waals surface area contributed by atoms with Crippen LogP contribution in [0.1, 0.15) is 30.1 Å². The summed E-state index contributed by atoms with van der Waals surface area (Å²) in [5, 5.41) is 29.3. The molecule has 0 radical (unpaired) electrons. The first-order valence-corrected chi connectivity index (χ1v) is 12.1. The van der Waals surface area contributed by atoms with Crippen LogP contribution in [0.3, 0.4) is 0 Å². The van der Waals surface area contributed by atoms with E-state index in [0.717, 1.165) is 53.7 Å². The lowest BCUT2D eigenvalue weighted by Crippen LogP contribution is -2.34. The molecule has 1 saturated carbocycles. The van der Waals surface area contributed by atoms with Crippen molar-refractivity contribution in [2.75, 3.05) is 26.2 Å². The predicted octanol–water partition coefficient (Wildman–Crippen LogP) is 2.60. The van der Waals surface area contributed by atoms with Gasteiger partial charge in [-0.15, -0.1) is 0 Å². The first-order chi connectivity index (χ1) is 15.6. The van der Waals surface area contributed by atoms with Crippen LogP contribution in [0.15, 0.2) is 47.3 Å². The number of hydrogen-bond acceptors (Lipinski definition) is 6. The maximum absolute atomic E-state index is 10.7. The fourth-order valence-electron chi connectivity index (χ4n) is 4.64. The van der Waals surface area contributed by atoms with Gasteiger partial charge in [0.05, 0.1) is 23.2 Å². The second-order valence-corrected chi connectivity index (χ2v) is 9.48. The van der Waals surface area contributed by atoms with Crippen LogP contribution in [0, 0.1) is 12.8 Å². The second-order valence-electron chi connectivity index (χ2n) is 8.63. The highest BCUT2D eigenvalue weighted by Crippen LogP contribution is 2.39. The molecule has 172 valence electrons. The second kappa shape index (κ2) is 10.9. The molecule has 3 aromatic rings. The predicted molar refractivity (Wildman–Crippen MR) is 130 cm³/mol. The Morgan fingerprint density at radius 1 is 1.06 bits per heavy atom. The van der Waals surface area contributed by atoms with Gasteiger partial charge in [-0.05, 0) is 67.3 Å². The molecule has 7 nitrogen and oxygen atoms in total. The molecule has 0 amide bonds. The minimum atomic E-state index is -0.820. The van der Waals surface area contributed by atoms with Crippen LogP contribution in [0.25, 0.3) is 11.0 Å². The SMILES string of the molecule is Cc1ncnc2c1c(Br)cn2[C@@H]1C[C@H](CNCCCNCCc2ccccc2)[C@@H](O)[C@H]1O. The molecule has 0 bridgehead atoms. The summed E-state index contributed by atoms with van der Waals surface area (Å²) in [5.74, 6) is 0.000185. The van der Waals surface area contributed by atoms with E-state index in [9.17, 15) is 10.2 Å². The molecule has 1 fully saturated rings. The summed E-state index contributed by atoms with van der Waals surface area (Å²) in [4.78, 5) is 8.70. The van der Waals surface area contributed by atoms with Crippen molar-refractivity contribution in [1.82, 2.24) is 25.2 Å². The lowest BCUT2D eigenvalue weighted by Gasteiger charge is -2.19. The number of aliphatic hydroxyl groups excluding tert-OH is 2. The van der Waals surface area contributed by atoms with Gasteiger partial charge in [-0.3, -0.25) is 0 Å². The van der Waals surface area contributed by atoms with E-state index in [0.29, 0.717) is 13.0 Å². The third-order valence-corrected chi connectivity index (χ3v) is 7.03. The van der Waals surface area contributed by atoms with Gasteiger partial charge in [0.15, 0.2) is 0 Å². The van der Waals surface area contributed by atoms with Crippen LogP contribution in [0.5, 0.6) is 0 Å². The summed E-state index contributed by atoms with van der Waals surface area (Å²) >= 11 is 3.59. The molecule has 0 saturated heterocycles. The normalized spacial score (nSPS) is 23.2. The summed E-state index contributed by atoms with van der Waals surface area (Å²) in [7, 11) is 0. The van der Waals surface area contributed by atoms with Gasteiger partial charge in [0.1, 0.15) is 18.1 Å². The summed E-state index contributed by atoms with van der Waals surface area (Å²) < 4.78 is 2.90. The third-order valence-electron chi connectivity index (χ3n) is 6.43. The molecule has 4 N–H and O–H groups in total. The molecular formula is C24H32BrN5O2. The molecule has 2 heterocycles. The number of hydrogen-bond donors (Lipinski definition) is 4. The Bertz CT molecular complexity index is 1010. The summed E-state index contributed by atoms with van der Waals surface area (Å²) in [6.45, 7) is 5.45. The number of aromatic nitrogens is 3. The summed E-state index contributed by atoms with van der Waals surface area (Å²) in [6, 6.07) is 10.3. The molecule has 1 aliphatic carbocycles. The van der Waals surface area contributed by atoms with E-state index in [1.54, 1.807) is 6.33 Å². The number of aryl methyl sites for hydroxylation is 1. The van der Waals surface area contributed by atoms with Gasteiger partial charge in [0.2, 0.25) is 0 Å². The highest BCUT2D eigenvalue weighted by Gasteiger charge is 2.42. The van der Waals surface area contributed by atoms with Crippen LogP contribution in [0.2, 0.25) is 0 Å². The number of aliphatic hydroxyl groups is 2. The monoisotopic (exact) mass is 501 g/mol. The first-order valence-electron chi connectivity index (χ1n) is 11.4. The zero-order valence-electron chi connectivity index (χ0n) is 18.4. The zero-order chi connectivity index (χ0) is 22.5. The third kappa shape index (κ3) is 5.21. The first kappa shape index (κ1) is 23.3. The average Bonchev–Trinajstić information content (AvgIpc) is 3.28. The molecule has 4 atom stereocenters. The van der Waals surface area contributed by atoms with E-state index in [1.165, 1.54) is 5.56 Å². The fraction of sp³-hybridized carbons (Fsp3) is 0.500. The Morgan fingerprint density at radius 3 is 2.66 bits per heavy atom. The minimum absolute atomic E-state index is 0.000185. The lowest BCUT2D eigenvalue weighted by molar-refractivity contribution is 0.00693. The number of nitrogens with zero attached hydrogens (tertiary/aromatic N) is 3. The quantitative estimate of drug-likeness (QED) is 0.319. The van der Waals surface area contributed by atoms with Crippen molar-refractivity contribution in [3.8, 4) is 0 Å². The smallest absolute Gasteiger partial charge is 0.145 e. The molecular weight excluding hydrogens is 470 g/mol. The van der Waals surface area contributed by atoms with Crippen LogP contribution in [-0.2, 0) is 6.42 Å².